The lowest BCUT2D eigenvalue weighted by Crippen LogP contribution is -2.07. The molecule has 0 radical (unpaired) electrons. The molecule has 0 saturated carbocycles. The average Bonchev–Trinajstić information content (AvgIpc) is 2.27. The fourth-order valence-electron chi connectivity index (χ4n) is 1.93. The van der Waals surface area contributed by atoms with Gasteiger partial charge in [-0.1, -0.05) is 25.2 Å². The first-order valence-corrected chi connectivity index (χ1v) is 6.34. The van der Waals surface area contributed by atoms with Crippen molar-refractivity contribution >= 4 is 5.78 Å². The van der Waals surface area contributed by atoms with Gasteiger partial charge in [0.25, 0.3) is 0 Å². The van der Waals surface area contributed by atoms with E-state index in [9.17, 15) is 4.79 Å². The molecule has 1 atom stereocenters. The van der Waals surface area contributed by atoms with Gasteiger partial charge in [-0.15, -0.1) is 0 Å². The van der Waals surface area contributed by atoms with Crippen LogP contribution in [0.1, 0.15) is 46.5 Å². The van der Waals surface area contributed by atoms with Crippen molar-refractivity contribution in [2.24, 2.45) is 11.7 Å². The molecular formula is C15H23NO. The van der Waals surface area contributed by atoms with Gasteiger partial charge in [0.15, 0.2) is 0 Å². The lowest BCUT2D eigenvalue weighted by Gasteiger charge is -2.14. The van der Waals surface area contributed by atoms with E-state index < -0.39 is 0 Å². The van der Waals surface area contributed by atoms with Crippen LogP contribution in [0.5, 0.6) is 0 Å². The Labute approximate surface area is 104 Å². The number of hydrogen-bond donors (Lipinski definition) is 1. The highest BCUT2D eigenvalue weighted by atomic mass is 16.1. The lowest BCUT2D eigenvalue weighted by atomic mass is 9.94. The highest BCUT2D eigenvalue weighted by molar-refractivity contribution is 5.75. The molecule has 0 aromatic rings. The number of ketones is 1. The van der Waals surface area contributed by atoms with Crippen molar-refractivity contribution in [2.45, 2.75) is 46.5 Å². The molecule has 94 valence electrons. The molecule has 0 amide bonds. The Morgan fingerprint density at radius 3 is 2.88 bits per heavy atom. The summed E-state index contributed by atoms with van der Waals surface area (Å²) < 4.78 is 0. The molecule has 1 aliphatic carbocycles. The maximum absolute atomic E-state index is 10.9. The van der Waals surface area contributed by atoms with Crippen molar-refractivity contribution in [3.8, 4) is 0 Å². The minimum absolute atomic E-state index is 0.254. The van der Waals surface area contributed by atoms with Crippen LogP contribution in [0.25, 0.3) is 0 Å². The monoisotopic (exact) mass is 233 g/mol. The third kappa shape index (κ3) is 4.59. The van der Waals surface area contributed by atoms with Gasteiger partial charge in [0.05, 0.1) is 0 Å². The molecule has 0 aromatic carbocycles. The van der Waals surface area contributed by atoms with Gasteiger partial charge in [-0.2, -0.15) is 0 Å². The predicted octanol–water partition coefficient (Wildman–Crippen LogP) is 3.50. The Morgan fingerprint density at radius 2 is 2.24 bits per heavy atom. The molecule has 17 heavy (non-hydrogen) atoms. The van der Waals surface area contributed by atoms with E-state index in [0.717, 1.165) is 30.5 Å². The Morgan fingerprint density at radius 1 is 1.53 bits per heavy atom. The van der Waals surface area contributed by atoms with Crippen molar-refractivity contribution < 1.29 is 4.79 Å². The van der Waals surface area contributed by atoms with Gasteiger partial charge < -0.3 is 10.5 Å². The van der Waals surface area contributed by atoms with E-state index in [2.05, 4.69) is 25.2 Å². The van der Waals surface area contributed by atoms with Crippen LogP contribution in [-0.4, -0.2) is 5.78 Å². The summed E-state index contributed by atoms with van der Waals surface area (Å²) in [6, 6.07) is 0. The molecule has 1 aliphatic rings. The van der Waals surface area contributed by atoms with Gasteiger partial charge in [0, 0.05) is 12.1 Å². The van der Waals surface area contributed by atoms with Crippen molar-refractivity contribution in [3.63, 3.8) is 0 Å². The number of nitrogens with two attached hydrogens (primary N) is 1. The van der Waals surface area contributed by atoms with E-state index in [0.29, 0.717) is 12.3 Å². The average molecular weight is 233 g/mol. The Bertz CT molecular complexity index is 374. The largest absolute Gasteiger partial charge is 0.398 e. The zero-order valence-electron chi connectivity index (χ0n) is 11.1. The number of rotatable bonds is 4. The van der Waals surface area contributed by atoms with Crippen LogP contribution in [0.15, 0.2) is 35.1 Å². The molecular weight excluding hydrogens is 210 g/mol. The van der Waals surface area contributed by atoms with Crippen LogP contribution in [0.4, 0.5) is 0 Å². The Hall–Kier alpha value is -1.31. The molecule has 2 heteroatoms. The summed E-state index contributed by atoms with van der Waals surface area (Å²) in [6.45, 7) is 5.89. The first kappa shape index (κ1) is 13.8. The van der Waals surface area contributed by atoms with Crippen molar-refractivity contribution in [1.82, 2.24) is 0 Å². The second-order valence-corrected chi connectivity index (χ2v) is 4.95. The normalized spacial score (nSPS) is 22.8. The first-order valence-electron chi connectivity index (χ1n) is 6.34. The summed E-state index contributed by atoms with van der Waals surface area (Å²) in [5.74, 6) is 0.810. The number of carbonyl (C=O) groups is 1. The highest BCUT2D eigenvalue weighted by Gasteiger charge is 2.08. The van der Waals surface area contributed by atoms with Crippen molar-refractivity contribution in [1.29, 1.82) is 0 Å². The summed E-state index contributed by atoms with van der Waals surface area (Å²) >= 11 is 0. The smallest absolute Gasteiger partial charge is 0.129 e. The topological polar surface area (TPSA) is 43.1 Å². The predicted molar refractivity (Wildman–Crippen MR) is 72.4 cm³/mol. The third-order valence-corrected chi connectivity index (χ3v) is 3.16. The molecule has 2 N–H and O–H groups in total. The lowest BCUT2D eigenvalue weighted by molar-refractivity contribution is -0.117. The molecule has 0 aliphatic heterocycles. The second kappa shape index (κ2) is 6.43. The highest BCUT2D eigenvalue weighted by Crippen LogP contribution is 2.22. The minimum atomic E-state index is 0.254. The standard InChI is InChI=1S/C15H23NO/c1-11-7-9-12(2)15(16)14(10-8-11)6-4-5-13(3)17/h7,9-11H,4-6,8,16H2,1-3H3/b9-7+,14-10?,15-12?. The van der Waals surface area contributed by atoms with Crippen LogP contribution in [0.2, 0.25) is 0 Å². The fraction of sp³-hybridized carbons (Fsp3) is 0.533. The van der Waals surface area contributed by atoms with Crippen LogP contribution in [0.3, 0.4) is 0 Å². The fourth-order valence-corrected chi connectivity index (χ4v) is 1.93. The molecule has 0 bridgehead atoms. The molecule has 1 unspecified atom stereocenters. The first-order chi connectivity index (χ1) is 8.00. The summed E-state index contributed by atoms with van der Waals surface area (Å²) in [5, 5.41) is 0. The molecule has 0 aromatic heterocycles. The van der Waals surface area contributed by atoms with E-state index in [-0.39, 0.29) is 5.78 Å². The Balaban J connectivity index is 2.73. The molecule has 0 saturated heterocycles. The SMILES string of the molecule is CC(=O)CCCC1=CCC(C)/C=C/C(C)=C1N. The molecule has 2 nitrogen and oxygen atoms in total. The van der Waals surface area contributed by atoms with Gasteiger partial charge >= 0.3 is 0 Å². The van der Waals surface area contributed by atoms with E-state index >= 15 is 0 Å². The molecule has 0 heterocycles. The van der Waals surface area contributed by atoms with Crippen LogP contribution >= 0.6 is 0 Å². The summed E-state index contributed by atoms with van der Waals surface area (Å²) in [6.07, 6.45) is 10.0. The minimum Gasteiger partial charge on any atom is -0.398 e. The maximum Gasteiger partial charge on any atom is 0.129 e. The van der Waals surface area contributed by atoms with Crippen LogP contribution < -0.4 is 5.73 Å². The van der Waals surface area contributed by atoms with Gasteiger partial charge in [0.2, 0.25) is 0 Å². The zero-order valence-corrected chi connectivity index (χ0v) is 11.1. The van der Waals surface area contributed by atoms with Gasteiger partial charge in [-0.05, 0) is 50.2 Å². The molecule has 0 spiro atoms. The van der Waals surface area contributed by atoms with E-state index in [1.807, 2.05) is 6.92 Å². The van der Waals surface area contributed by atoms with Crippen LogP contribution in [-0.2, 0) is 4.79 Å². The van der Waals surface area contributed by atoms with Gasteiger partial charge in [-0.3, -0.25) is 0 Å². The van der Waals surface area contributed by atoms with E-state index in [4.69, 9.17) is 5.73 Å². The summed E-state index contributed by atoms with van der Waals surface area (Å²) in [7, 11) is 0. The van der Waals surface area contributed by atoms with Gasteiger partial charge in [0.1, 0.15) is 5.78 Å². The molecule has 0 fully saturated rings. The number of allylic oxidation sites excluding steroid dienone is 5. The summed E-state index contributed by atoms with van der Waals surface area (Å²) in [4.78, 5) is 10.9. The van der Waals surface area contributed by atoms with Crippen LogP contribution in [0, 0.1) is 5.92 Å². The second-order valence-electron chi connectivity index (χ2n) is 4.95. The third-order valence-electron chi connectivity index (χ3n) is 3.16. The zero-order chi connectivity index (χ0) is 12.8. The van der Waals surface area contributed by atoms with E-state index in [1.165, 1.54) is 5.57 Å². The van der Waals surface area contributed by atoms with Gasteiger partial charge in [-0.25, -0.2) is 0 Å². The molecule has 1 rings (SSSR count). The Kier molecular flexibility index (Phi) is 5.20. The van der Waals surface area contributed by atoms with Crippen molar-refractivity contribution in [2.75, 3.05) is 0 Å². The maximum atomic E-state index is 10.9. The quantitative estimate of drug-likeness (QED) is 0.807. The van der Waals surface area contributed by atoms with Crippen molar-refractivity contribution in [3.05, 3.63) is 35.1 Å². The number of Topliss-reactive ketones (excluding diaryl/α,β-unsaturated/α-hetero) is 1. The summed E-state index contributed by atoms with van der Waals surface area (Å²) in [5.41, 5.74) is 9.35. The van der Waals surface area contributed by atoms with E-state index in [1.54, 1.807) is 6.92 Å². The number of carbonyl (C=O) groups excluding carboxylic acids is 1. The number of hydrogen-bond acceptors (Lipinski definition) is 2.